The molecule has 0 heterocycles. The minimum Gasteiger partial charge on any atom is -0.457 e. The highest BCUT2D eigenvalue weighted by Crippen LogP contribution is 2.26. The molecule has 0 aromatic heterocycles. The Morgan fingerprint density at radius 2 is 1.23 bits per heavy atom. The molecule has 44 heavy (non-hydrogen) atoms. The maximum atomic E-state index is 13.6. The number of nitrogens with one attached hydrogen (secondary N) is 1. The van der Waals surface area contributed by atoms with Crippen molar-refractivity contribution >= 4 is 17.7 Å². The summed E-state index contributed by atoms with van der Waals surface area (Å²) in [6.07, 6.45) is -2.06. The number of nitrogens with zero attached hydrogens (tertiary/aromatic N) is 1. The Balaban J connectivity index is 1.33. The van der Waals surface area contributed by atoms with E-state index in [9.17, 15) is 9.59 Å². The Bertz CT molecular complexity index is 1640. The van der Waals surface area contributed by atoms with E-state index in [1.807, 2.05) is 97.1 Å². The lowest BCUT2D eigenvalue weighted by Gasteiger charge is -2.23. The number of hydrogen-bond donors (Lipinski definition) is 3. The third kappa shape index (κ3) is 8.32. The molecule has 3 N–H and O–H groups in total. The van der Waals surface area contributed by atoms with Crippen LogP contribution in [-0.2, 0) is 6.54 Å². The molecular weight excluding hydrogens is 556 g/mol. The minimum atomic E-state index is -1.49. The molecule has 0 aliphatic heterocycles. The fourth-order valence-electron chi connectivity index (χ4n) is 4.44. The van der Waals surface area contributed by atoms with Gasteiger partial charge in [-0.05, 0) is 77.4 Å². The second-order valence-corrected chi connectivity index (χ2v) is 9.98. The van der Waals surface area contributed by atoms with Gasteiger partial charge in [0.2, 0.25) is 0 Å². The fraction of sp³-hybridized carbons (Fsp3) is 0.111. The van der Waals surface area contributed by atoms with E-state index in [4.69, 9.17) is 19.7 Å². The maximum Gasteiger partial charge on any atom is 0.420 e. The van der Waals surface area contributed by atoms with E-state index in [1.54, 1.807) is 36.4 Å². The Kier molecular flexibility index (Phi) is 9.99. The third-order valence-electron chi connectivity index (χ3n) is 6.76. The second kappa shape index (κ2) is 14.6. The molecular formula is C36H32N2O6. The molecule has 0 aliphatic carbocycles. The van der Waals surface area contributed by atoms with Gasteiger partial charge in [-0.1, -0.05) is 72.8 Å². The molecule has 2 amide bonds. The van der Waals surface area contributed by atoms with Crippen molar-refractivity contribution in [2.45, 2.75) is 19.3 Å². The van der Waals surface area contributed by atoms with Gasteiger partial charge in [-0.15, -0.1) is 0 Å². The van der Waals surface area contributed by atoms with Gasteiger partial charge in [-0.3, -0.25) is 9.69 Å². The molecule has 0 radical (unpaired) electrons. The van der Waals surface area contributed by atoms with Crippen LogP contribution in [0.5, 0.6) is 17.2 Å². The number of aliphatic hydroxyl groups excluding tert-OH is 1. The first kappa shape index (κ1) is 30.0. The van der Waals surface area contributed by atoms with Crippen LogP contribution in [0.3, 0.4) is 0 Å². The molecule has 0 unspecified atom stereocenters. The number of hydrogen-bond acceptors (Lipinski definition) is 6. The standard InChI is InChI=1S/C36H32N2O6/c39-34(40)23-24-37-35(41)29-13-17-30(18-14-29)38(25-26-11-19-32(20-12-26)43-31-9-5-2-6-10-31)36(42)44-33-21-15-28(16-22-33)27-7-3-1-4-8-27/h1-22,34,39-40H,23-25H2,(H,37,41). The van der Waals surface area contributed by atoms with Gasteiger partial charge in [0.1, 0.15) is 17.2 Å². The third-order valence-corrected chi connectivity index (χ3v) is 6.76. The van der Waals surface area contributed by atoms with E-state index in [0.717, 1.165) is 22.4 Å². The molecule has 0 spiro atoms. The summed E-state index contributed by atoms with van der Waals surface area (Å²) in [6.45, 7) is 0.316. The molecule has 5 aromatic carbocycles. The maximum absolute atomic E-state index is 13.6. The summed E-state index contributed by atoms with van der Waals surface area (Å²) < 4.78 is 11.7. The SMILES string of the molecule is O=C(NCCC(O)O)c1ccc(N(Cc2ccc(Oc3ccccc3)cc2)C(=O)Oc2ccc(-c3ccccc3)cc2)cc1. The van der Waals surface area contributed by atoms with Crippen LogP contribution in [0, 0.1) is 0 Å². The summed E-state index contributed by atoms with van der Waals surface area (Å²) in [7, 11) is 0. The highest BCUT2D eigenvalue weighted by molar-refractivity contribution is 5.95. The molecule has 0 atom stereocenters. The van der Waals surface area contributed by atoms with Gasteiger partial charge in [0.25, 0.3) is 5.91 Å². The Labute approximate surface area is 255 Å². The zero-order chi connectivity index (χ0) is 30.7. The van der Waals surface area contributed by atoms with Crippen LogP contribution in [0.1, 0.15) is 22.3 Å². The molecule has 0 saturated heterocycles. The summed E-state index contributed by atoms with van der Waals surface area (Å²) >= 11 is 0. The number of ether oxygens (including phenoxy) is 2. The number of rotatable bonds is 11. The number of carbonyl (C=O) groups excluding carboxylic acids is 2. The molecule has 5 rings (SSSR count). The lowest BCUT2D eigenvalue weighted by molar-refractivity contribution is -0.0440. The predicted molar refractivity (Wildman–Crippen MR) is 169 cm³/mol. The molecule has 0 fully saturated rings. The number of amides is 2. The average Bonchev–Trinajstić information content (AvgIpc) is 3.05. The smallest absolute Gasteiger partial charge is 0.420 e. The van der Waals surface area contributed by atoms with Crippen molar-refractivity contribution in [1.82, 2.24) is 5.32 Å². The Morgan fingerprint density at radius 1 is 0.659 bits per heavy atom. The van der Waals surface area contributed by atoms with Gasteiger partial charge in [0.05, 0.1) is 6.54 Å². The van der Waals surface area contributed by atoms with E-state index in [1.165, 1.54) is 4.90 Å². The zero-order valence-electron chi connectivity index (χ0n) is 23.9. The number of para-hydroxylation sites is 1. The predicted octanol–water partition coefficient (Wildman–Crippen LogP) is 6.78. The van der Waals surface area contributed by atoms with Gasteiger partial charge in [-0.2, -0.15) is 0 Å². The zero-order valence-corrected chi connectivity index (χ0v) is 23.9. The van der Waals surface area contributed by atoms with Gasteiger partial charge in [0, 0.05) is 24.2 Å². The van der Waals surface area contributed by atoms with Crippen molar-refractivity contribution in [3.05, 3.63) is 145 Å². The van der Waals surface area contributed by atoms with E-state index in [2.05, 4.69) is 5.32 Å². The van der Waals surface area contributed by atoms with Gasteiger partial charge < -0.3 is 25.0 Å². The molecule has 8 nitrogen and oxygen atoms in total. The number of aliphatic hydroxyl groups is 2. The summed E-state index contributed by atoms with van der Waals surface area (Å²) in [5.74, 6) is 1.42. The van der Waals surface area contributed by atoms with Crippen molar-refractivity contribution in [3.63, 3.8) is 0 Å². The normalized spacial score (nSPS) is 10.7. The molecule has 8 heteroatoms. The highest BCUT2D eigenvalue weighted by Gasteiger charge is 2.20. The van der Waals surface area contributed by atoms with Gasteiger partial charge >= 0.3 is 6.09 Å². The first-order valence-corrected chi connectivity index (χ1v) is 14.2. The second-order valence-electron chi connectivity index (χ2n) is 9.98. The van der Waals surface area contributed by atoms with Crippen molar-refractivity contribution in [1.29, 1.82) is 0 Å². The van der Waals surface area contributed by atoms with Gasteiger partial charge in [0.15, 0.2) is 6.29 Å². The van der Waals surface area contributed by atoms with Crippen LogP contribution in [0.4, 0.5) is 10.5 Å². The molecule has 222 valence electrons. The molecule has 0 bridgehead atoms. The van der Waals surface area contributed by atoms with Crippen LogP contribution in [0.15, 0.2) is 133 Å². The van der Waals surface area contributed by atoms with Crippen molar-refractivity contribution < 1.29 is 29.3 Å². The average molecular weight is 589 g/mol. The summed E-state index contributed by atoms with van der Waals surface area (Å²) in [6, 6.07) is 40.7. The van der Waals surface area contributed by atoms with Crippen molar-refractivity contribution in [2.75, 3.05) is 11.4 Å². The first-order valence-electron chi connectivity index (χ1n) is 14.2. The van der Waals surface area contributed by atoms with Crippen LogP contribution in [0.25, 0.3) is 11.1 Å². The van der Waals surface area contributed by atoms with Crippen LogP contribution < -0.4 is 19.7 Å². The van der Waals surface area contributed by atoms with E-state index < -0.39 is 12.4 Å². The topological polar surface area (TPSA) is 108 Å². The van der Waals surface area contributed by atoms with Crippen molar-refractivity contribution in [2.24, 2.45) is 0 Å². The molecule has 0 saturated carbocycles. The summed E-state index contributed by atoms with van der Waals surface area (Å²) in [5.41, 5.74) is 3.80. The van der Waals surface area contributed by atoms with Crippen LogP contribution >= 0.6 is 0 Å². The van der Waals surface area contributed by atoms with Crippen LogP contribution in [0.2, 0.25) is 0 Å². The Hall–Kier alpha value is -5.44. The Morgan fingerprint density at radius 3 is 1.86 bits per heavy atom. The molecule has 5 aromatic rings. The minimum absolute atomic E-state index is 0.0188. The molecule has 0 aliphatic rings. The lowest BCUT2D eigenvalue weighted by atomic mass is 10.1. The first-order chi connectivity index (χ1) is 21.4. The van der Waals surface area contributed by atoms with Gasteiger partial charge in [-0.25, -0.2) is 4.79 Å². The lowest BCUT2D eigenvalue weighted by Crippen LogP contribution is -2.33. The fourth-order valence-corrected chi connectivity index (χ4v) is 4.44. The van der Waals surface area contributed by atoms with E-state index >= 15 is 0 Å². The number of carbonyl (C=O) groups is 2. The van der Waals surface area contributed by atoms with Crippen LogP contribution in [-0.4, -0.2) is 35.0 Å². The largest absolute Gasteiger partial charge is 0.457 e. The van der Waals surface area contributed by atoms with E-state index in [-0.39, 0.29) is 25.4 Å². The summed E-state index contributed by atoms with van der Waals surface area (Å²) in [5, 5.41) is 20.7. The monoisotopic (exact) mass is 588 g/mol. The quantitative estimate of drug-likeness (QED) is 0.147. The highest BCUT2D eigenvalue weighted by atomic mass is 16.6. The van der Waals surface area contributed by atoms with E-state index in [0.29, 0.717) is 22.7 Å². The number of benzene rings is 5. The summed E-state index contributed by atoms with van der Waals surface area (Å²) in [4.78, 5) is 27.5. The number of anilines is 1. The van der Waals surface area contributed by atoms with Crippen molar-refractivity contribution in [3.8, 4) is 28.4 Å².